The third-order valence-corrected chi connectivity index (χ3v) is 17.6. The zero-order valence-corrected chi connectivity index (χ0v) is 55.3. The quantitative estimate of drug-likeness (QED) is 0.0669. The third kappa shape index (κ3) is 13.5. The summed E-state index contributed by atoms with van der Waals surface area (Å²) in [6, 6.07) is 4.37. The van der Waals surface area contributed by atoms with Gasteiger partial charge >= 0.3 is 47.8 Å². The van der Waals surface area contributed by atoms with Gasteiger partial charge in [-0.3, -0.25) is 0 Å². The second kappa shape index (κ2) is 28.7. The number of rotatable bonds is 5. The van der Waals surface area contributed by atoms with Crippen LogP contribution in [-0.2, 0) is 42.6 Å². The Bertz CT molecular complexity index is 5290. The first-order valence-electron chi connectivity index (χ1n) is 31.5. The van der Waals surface area contributed by atoms with E-state index in [1.54, 1.807) is 0 Å². The Kier molecular flexibility index (Phi) is 19.6. The molecule has 8 aromatic carbocycles. The Morgan fingerprint density at radius 1 is 0.366 bits per heavy atom. The van der Waals surface area contributed by atoms with Crippen molar-refractivity contribution in [2.24, 2.45) is 5.92 Å². The average molecular weight is 1570 g/mol. The van der Waals surface area contributed by atoms with Crippen molar-refractivity contribution in [3.8, 4) is 161 Å². The number of phenols is 22. The fourth-order valence-corrected chi connectivity index (χ4v) is 12.1. The van der Waals surface area contributed by atoms with Crippen molar-refractivity contribution in [1.29, 1.82) is 0 Å². The normalized spacial score (nSPS) is 21.2. The third-order valence-electron chi connectivity index (χ3n) is 17.6. The van der Waals surface area contributed by atoms with Crippen molar-refractivity contribution in [2.45, 2.75) is 61.5 Å². The lowest BCUT2D eigenvalue weighted by Gasteiger charge is -2.44. The second-order valence-corrected chi connectivity index (χ2v) is 24.6. The summed E-state index contributed by atoms with van der Waals surface area (Å²) in [7, 11) is 0. The first-order chi connectivity index (χ1) is 52.8. The molecule has 43 nitrogen and oxygen atoms in total. The van der Waals surface area contributed by atoms with Crippen molar-refractivity contribution >= 4 is 47.8 Å². The van der Waals surface area contributed by atoms with Gasteiger partial charge in [-0.15, -0.1) is 0 Å². The number of cyclic esters (lactones) is 1. The van der Waals surface area contributed by atoms with E-state index in [0.717, 1.165) is 0 Å². The Labute approximate surface area is 617 Å². The molecule has 4 heterocycles. The summed E-state index contributed by atoms with van der Waals surface area (Å²) >= 11 is 0. The van der Waals surface area contributed by atoms with Gasteiger partial charge in [0.1, 0.15) is 35.5 Å². The maximum absolute atomic E-state index is 15.4. The number of hydrogen-bond acceptors (Lipinski definition) is 43. The molecule has 24 N–H and O–H groups in total. The summed E-state index contributed by atoms with van der Waals surface area (Å²) in [5.41, 5.74) is -11.6. The van der Waals surface area contributed by atoms with E-state index >= 15 is 14.4 Å². The molecule has 0 amide bonds. The van der Waals surface area contributed by atoms with Crippen LogP contribution in [0.1, 0.15) is 89.3 Å². The van der Waals surface area contributed by atoms with Gasteiger partial charge in [0.2, 0.25) is 58.4 Å². The van der Waals surface area contributed by atoms with E-state index in [2.05, 4.69) is 0 Å². The molecule has 1 aliphatic carbocycles. The molecule has 5 unspecified atom stereocenters. The van der Waals surface area contributed by atoms with E-state index in [-0.39, 0.29) is 12.1 Å². The number of aromatic hydroxyl groups is 22. The topological polar surface area (TPSA) is 724 Å². The summed E-state index contributed by atoms with van der Waals surface area (Å²) in [5, 5.41) is 263. The van der Waals surface area contributed by atoms with Crippen LogP contribution in [0.2, 0.25) is 0 Å². The van der Waals surface area contributed by atoms with Crippen LogP contribution in [0.25, 0.3) is 11.1 Å². The van der Waals surface area contributed by atoms with E-state index in [9.17, 15) is 147 Å². The van der Waals surface area contributed by atoms with Crippen LogP contribution >= 0.6 is 0 Å². The minimum atomic E-state index is -2.85. The number of esters is 8. The predicted octanol–water partition coefficient (Wildman–Crippen LogP) is 2.85. The molecule has 112 heavy (non-hydrogen) atoms. The highest BCUT2D eigenvalue weighted by Gasteiger charge is 2.56. The zero-order valence-electron chi connectivity index (χ0n) is 55.3. The highest BCUT2D eigenvalue weighted by molar-refractivity contribution is 6.09. The molecule has 4 aliphatic heterocycles. The maximum Gasteiger partial charge on any atom is 0.342 e. The van der Waals surface area contributed by atoms with Crippen LogP contribution in [0.5, 0.6) is 149 Å². The molecule has 0 spiro atoms. The summed E-state index contributed by atoms with van der Waals surface area (Å²) in [6.45, 7) is -2.66. The summed E-state index contributed by atoms with van der Waals surface area (Å²) in [4.78, 5) is 118. The van der Waals surface area contributed by atoms with Crippen LogP contribution in [0, 0.1) is 5.92 Å². The number of carbonyl (C=O) groups is 8. The van der Waals surface area contributed by atoms with Gasteiger partial charge in [0.15, 0.2) is 122 Å². The van der Waals surface area contributed by atoms with Gasteiger partial charge in [0.05, 0.1) is 46.6 Å². The van der Waals surface area contributed by atoms with Crippen molar-refractivity contribution in [3.05, 3.63) is 117 Å². The largest absolute Gasteiger partial charge is 0.504 e. The second-order valence-electron chi connectivity index (χ2n) is 24.6. The standard InChI is InChI=1S/C69H52O43/c70-14-38-48(89)58(109-62(95)16-1-25(71)41(82)26(72)2-16)60-69(105-38)112-64(97)18-6-34(80)56(35(81)7-18)106-55-24(13-33(79)47(88)52(55)93)67(100)108-57-37(104-61(94)19-5-29(75)43(84)36(8-19)103-54-23(68(101)111-60)12-32(78)46(87)51(54)92)9-20-15-102-65(98)21-10-30(76)44(85)49(90)39(21)40-22(11-31(77)45(86)50(40)91)66(99)107-53(20)59(57)110-63(96)17-3-27(73)42(83)28(74)4-17/h1-8,10-13,20,37-38,48,53,57-60,69-93H,9,14-15H2/t20?,37-,38?,48-,53?,57+,58+,59?,60?,69+/m1/s1. The number of aliphatic hydroxyl groups is 2. The van der Waals surface area contributed by atoms with Gasteiger partial charge in [-0.1, -0.05) is 0 Å². The van der Waals surface area contributed by atoms with Gasteiger partial charge in [-0.25, -0.2) is 38.4 Å². The van der Waals surface area contributed by atoms with Gasteiger partial charge in [-0.05, 0) is 67.1 Å². The van der Waals surface area contributed by atoms with Gasteiger partial charge in [-0.2, -0.15) is 0 Å². The Hall–Kier alpha value is -15.4. The van der Waals surface area contributed by atoms with Gasteiger partial charge in [0, 0.05) is 29.2 Å². The van der Waals surface area contributed by atoms with Crippen LogP contribution < -0.4 is 9.47 Å². The molecule has 0 radical (unpaired) electrons. The number of ether oxygens (including phenoxy) is 11. The molecule has 8 aromatic rings. The van der Waals surface area contributed by atoms with Crippen LogP contribution in [0.4, 0.5) is 0 Å². The minimum Gasteiger partial charge on any atom is -0.504 e. The SMILES string of the molecule is O=C(OC1C2OC(=O)c3cc(O)c(O)c(O)c3-c3c(cc(O)c(O)c3O)C(=O)OCC2C[C@H]2OC(=O)c3cc(O)c(O)c(c3)Oc3c(cc(O)c(O)c3O)C(=O)OC3[C@H](OC(=O)c4cc(O)c(c(O)c4)Oc4c(cc(O)c(O)c4O)C(=O)O[C@H]12)OC(CO)[C@@H](O)[C@@H]3OC(=O)c1cc(O)c(O)c(O)c1)c1cc(O)c(O)c(O)c1. The molecular formula is C69H52O43. The van der Waals surface area contributed by atoms with Crippen molar-refractivity contribution < 1.29 is 213 Å². The lowest BCUT2D eigenvalue weighted by Crippen LogP contribution is -2.62. The molecule has 4 bridgehead atoms. The molecule has 1 saturated carbocycles. The van der Waals surface area contributed by atoms with E-state index in [4.69, 9.17) is 52.1 Å². The number of benzene rings is 8. The number of hydrogen-bond donors (Lipinski definition) is 24. The Morgan fingerprint density at radius 3 is 1.26 bits per heavy atom. The number of fused-ring (bicyclic) bond motifs is 10. The Balaban J connectivity index is 1.06. The zero-order chi connectivity index (χ0) is 81.6. The molecule has 10 atom stereocenters. The lowest BCUT2D eigenvalue weighted by atomic mass is 9.80. The fraction of sp³-hybridized carbons (Fsp3) is 0.188. The molecule has 2 fully saturated rings. The van der Waals surface area contributed by atoms with Crippen LogP contribution in [0.15, 0.2) is 72.8 Å². The monoisotopic (exact) mass is 1570 g/mol. The Morgan fingerprint density at radius 2 is 0.759 bits per heavy atom. The summed E-state index contributed by atoms with van der Waals surface area (Å²) in [6.07, 6.45) is -24.6. The first kappa shape index (κ1) is 76.3. The fourth-order valence-electron chi connectivity index (χ4n) is 12.1. The molecule has 0 aromatic heterocycles. The minimum absolute atomic E-state index is 0.208. The first-order valence-corrected chi connectivity index (χ1v) is 31.5. The summed E-state index contributed by atoms with van der Waals surface area (Å²) < 4.78 is 62.4. The predicted molar refractivity (Wildman–Crippen MR) is 348 cm³/mol. The highest BCUT2D eigenvalue weighted by Crippen LogP contribution is 2.56. The van der Waals surface area contributed by atoms with Gasteiger partial charge < -0.3 is 175 Å². The molecule has 586 valence electrons. The highest BCUT2D eigenvalue weighted by atomic mass is 16.7. The van der Waals surface area contributed by atoms with Crippen molar-refractivity contribution in [1.82, 2.24) is 0 Å². The van der Waals surface area contributed by atoms with Crippen LogP contribution in [-0.4, -0.2) is 239 Å². The molecular weight excluding hydrogens is 1520 g/mol. The smallest absolute Gasteiger partial charge is 0.342 e. The van der Waals surface area contributed by atoms with E-state index in [1.807, 2.05) is 0 Å². The van der Waals surface area contributed by atoms with Crippen molar-refractivity contribution in [3.63, 3.8) is 0 Å². The van der Waals surface area contributed by atoms with Crippen LogP contribution in [0.3, 0.4) is 0 Å². The summed E-state index contributed by atoms with van der Waals surface area (Å²) in [5.74, 6) is -54.7. The lowest BCUT2D eigenvalue weighted by molar-refractivity contribution is -0.283. The van der Waals surface area contributed by atoms with Gasteiger partial charge in [0.25, 0.3) is 0 Å². The van der Waals surface area contributed by atoms with E-state index in [1.165, 1.54) is 0 Å². The molecule has 1 saturated heterocycles. The van der Waals surface area contributed by atoms with E-state index in [0.29, 0.717) is 60.7 Å². The van der Waals surface area contributed by atoms with Crippen molar-refractivity contribution in [2.75, 3.05) is 13.2 Å². The number of phenolic OH excluding ortho intramolecular Hbond substituents is 22. The number of carbonyl (C=O) groups excluding carboxylic acids is 8. The molecule has 13 rings (SSSR count). The molecule has 43 heteroatoms. The average Bonchev–Trinajstić information content (AvgIpc) is 1.41. The van der Waals surface area contributed by atoms with E-state index < -0.39 is 334 Å². The maximum atomic E-state index is 15.4. The molecule has 5 aliphatic rings. The number of aliphatic hydroxyl groups excluding tert-OH is 2.